The average Bonchev–Trinajstić information content (AvgIpc) is 3.20. The molecule has 0 aliphatic rings. The minimum absolute atomic E-state index is 0.350. The number of aromatic amines is 1. The second-order valence-electron chi connectivity index (χ2n) is 5.17. The van der Waals surface area contributed by atoms with Gasteiger partial charge in [-0.25, -0.2) is 0 Å². The van der Waals surface area contributed by atoms with E-state index in [4.69, 9.17) is 4.74 Å². The third-order valence-electron chi connectivity index (χ3n) is 3.36. The normalized spacial score (nSPS) is 10.1. The van der Waals surface area contributed by atoms with Gasteiger partial charge in [0.15, 0.2) is 0 Å². The van der Waals surface area contributed by atoms with Gasteiger partial charge in [-0.2, -0.15) is 0 Å². The number of aromatic nitrogens is 2. The smallest absolute Gasteiger partial charge is 0.286 e. The molecular formula is C18H16N4O3. The summed E-state index contributed by atoms with van der Waals surface area (Å²) in [6.07, 6.45) is 5.03. The predicted molar refractivity (Wildman–Crippen MR) is 90.7 cm³/mol. The molecular weight excluding hydrogens is 320 g/mol. The molecule has 0 atom stereocenters. The van der Waals surface area contributed by atoms with Gasteiger partial charge in [-0.3, -0.25) is 25.4 Å². The van der Waals surface area contributed by atoms with Crippen LogP contribution in [0.1, 0.15) is 26.4 Å². The van der Waals surface area contributed by atoms with E-state index in [1.54, 1.807) is 55.0 Å². The third-order valence-corrected chi connectivity index (χ3v) is 3.36. The summed E-state index contributed by atoms with van der Waals surface area (Å²) in [5, 5.41) is 0. The summed E-state index contributed by atoms with van der Waals surface area (Å²) in [7, 11) is 0. The second kappa shape index (κ2) is 7.78. The molecule has 25 heavy (non-hydrogen) atoms. The lowest BCUT2D eigenvalue weighted by Crippen LogP contribution is -2.41. The number of hydrogen-bond acceptors (Lipinski definition) is 4. The topological polar surface area (TPSA) is 96.1 Å². The molecule has 0 saturated heterocycles. The maximum Gasteiger partial charge on any atom is 0.286 e. The van der Waals surface area contributed by atoms with Crippen LogP contribution >= 0.6 is 0 Å². The molecule has 0 saturated carbocycles. The van der Waals surface area contributed by atoms with Crippen LogP contribution in [0.4, 0.5) is 0 Å². The SMILES string of the molecule is O=C(NNC(=O)c1ccc[nH]1)c1cccc(OCc2cccnc2)c1. The Morgan fingerprint density at radius 1 is 1.04 bits per heavy atom. The van der Waals surface area contributed by atoms with Crippen molar-refractivity contribution in [2.75, 3.05) is 0 Å². The molecule has 0 unspecified atom stereocenters. The van der Waals surface area contributed by atoms with E-state index < -0.39 is 11.8 Å². The van der Waals surface area contributed by atoms with Crippen LogP contribution in [-0.4, -0.2) is 21.8 Å². The molecule has 0 aliphatic carbocycles. The number of carbonyl (C=O) groups is 2. The van der Waals surface area contributed by atoms with Crippen LogP contribution in [0.15, 0.2) is 67.1 Å². The van der Waals surface area contributed by atoms with Crippen LogP contribution in [-0.2, 0) is 6.61 Å². The van der Waals surface area contributed by atoms with Crippen molar-refractivity contribution < 1.29 is 14.3 Å². The Bertz CT molecular complexity index is 848. The van der Waals surface area contributed by atoms with Crippen LogP contribution in [0.2, 0.25) is 0 Å². The Kier molecular flexibility index (Phi) is 5.06. The van der Waals surface area contributed by atoms with Gasteiger partial charge in [0.1, 0.15) is 18.1 Å². The Balaban J connectivity index is 1.56. The lowest BCUT2D eigenvalue weighted by Gasteiger charge is -2.09. The molecule has 3 aromatic rings. The molecule has 0 aliphatic heterocycles. The van der Waals surface area contributed by atoms with Crippen molar-refractivity contribution in [2.45, 2.75) is 6.61 Å². The molecule has 3 rings (SSSR count). The molecule has 0 fully saturated rings. The largest absolute Gasteiger partial charge is 0.489 e. The molecule has 2 heterocycles. The highest BCUT2D eigenvalue weighted by Gasteiger charge is 2.10. The summed E-state index contributed by atoms with van der Waals surface area (Å²) in [4.78, 5) is 30.7. The van der Waals surface area contributed by atoms with Crippen molar-refractivity contribution in [3.05, 3.63) is 83.9 Å². The van der Waals surface area contributed by atoms with E-state index >= 15 is 0 Å². The zero-order valence-corrected chi connectivity index (χ0v) is 13.2. The van der Waals surface area contributed by atoms with Crippen molar-refractivity contribution in [3.63, 3.8) is 0 Å². The fraction of sp³-hybridized carbons (Fsp3) is 0.0556. The summed E-state index contributed by atoms with van der Waals surface area (Å²) in [6.45, 7) is 0.350. The second-order valence-corrected chi connectivity index (χ2v) is 5.17. The van der Waals surface area contributed by atoms with Gasteiger partial charge >= 0.3 is 0 Å². The number of rotatable bonds is 5. The number of nitrogens with zero attached hydrogens (tertiary/aromatic N) is 1. The van der Waals surface area contributed by atoms with Gasteiger partial charge in [0.2, 0.25) is 0 Å². The maximum absolute atomic E-state index is 12.1. The van der Waals surface area contributed by atoms with Gasteiger partial charge in [-0.15, -0.1) is 0 Å². The summed E-state index contributed by atoms with van der Waals surface area (Å²) < 4.78 is 5.66. The summed E-state index contributed by atoms with van der Waals surface area (Å²) in [5.41, 5.74) is 6.36. The van der Waals surface area contributed by atoms with Gasteiger partial charge < -0.3 is 9.72 Å². The van der Waals surface area contributed by atoms with Crippen molar-refractivity contribution >= 4 is 11.8 Å². The first-order valence-electron chi connectivity index (χ1n) is 7.58. The third kappa shape index (κ3) is 4.44. The number of ether oxygens (including phenoxy) is 1. The average molecular weight is 336 g/mol. The molecule has 7 heteroatoms. The number of nitrogens with one attached hydrogen (secondary N) is 3. The number of benzene rings is 1. The molecule has 3 N–H and O–H groups in total. The van der Waals surface area contributed by atoms with E-state index in [2.05, 4.69) is 20.8 Å². The first kappa shape index (κ1) is 16.3. The first-order chi connectivity index (χ1) is 12.2. The fourth-order valence-corrected chi connectivity index (χ4v) is 2.10. The van der Waals surface area contributed by atoms with E-state index in [1.165, 1.54) is 0 Å². The van der Waals surface area contributed by atoms with Gasteiger partial charge in [0.25, 0.3) is 11.8 Å². The summed E-state index contributed by atoms with van der Waals surface area (Å²) in [6, 6.07) is 13.7. The van der Waals surface area contributed by atoms with Crippen molar-refractivity contribution in [3.8, 4) is 5.75 Å². The van der Waals surface area contributed by atoms with Crippen LogP contribution in [0, 0.1) is 0 Å². The van der Waals surface area contributed by atoms with E-state index in [0.717, 1.165) is 5.56 Å². The minimum Gasteiger partial charge on any atom is -0.489 e. The van der Waals surface area contributed by atoms with Crippen LogP contribution < -0.4 is 15.6 Å². The molecule has 126 valence electrons. The lowest BCUT2D eigenvalue weighted by molar-refractivity contribution is 0.0844. The lowest BCUT2D eigenvalue weighted by atomic mass is 10.2. The van der Waals surface area contributed by atoms with Crippen LogP contribution in [0.3, 0.4) is 0 Å². The molecule has 1 aromatic carbocycles. The Hall–Kier alpha value is -3.61. The first-order valence-corrected chi connectivity index (χ1v) is 7.58. The van der Waals surface area contributed by atoms with Crippen molar-refractivity contribution in [1.82, 2.24) is 20.8 Å². The van der Waals surface area contributed by atoms with Crippen molar-refractivity contribution in [2.24, 2.45) is 0 Å². The van der Waals surface area contributed by atoms with Crippen LogP contribution in [0.5, 0.6) is 5.75 Å². The van der Waals surface area contributed by atoms with E-state index in [0.29, 0.717) is 23.6 Å². The summed E-state index contributed by atoms with van der Waals surface area (Å²) in [5.74, 6) is -0.318. The Morgan fingerprint density at radius 2 is 1.92 bits per heavy atom. The number of H-pyrrole nitrogens is 1. The highest BCUT2D eigenvalue weighted by Crippen LogP contribution is 2.15. The number of carbonyl (C=O) groups excluding carboxylic acids is 2. The quantitative estimate of drug-likeness (QED) is 0.621. The Morgan fingerprint density at radius 3 is 2.68 bits per heavy atom. The monoisotopic (exact) mass is 336 g/mol. The highest BCUT2D eigenvalue weighted by atomic mass is 16.5. The van der Waals surface area contributed by atoms with E-state index in [-0.39, 0.29) is 0 Å². The standard InChI is InChI=1S/C18H16N4O3/c23-17(21-22-18(24)16-7-3-9-20-16)14-5-1-6-15(10-14)25-12-13-4-2-8-19-11-13/h1-11,20H,12H2,(H,21,23)(H,22,24). The van der Waals surface area contributed by atoms with Gasteiger partial charge in [0, 0.05) is 29.7 Å². The number of hydrogen-bond donors (Lipinski definition) is 3. The zero-order valence-electron chi connectivity index (χ0n) is 13.2. The number of pyridine rings is 1. The van der Waals surface area contributed by atoms with E-state index in [9.17, 15) is 9.59 Å². The number of hydrazine groups is 1. The van der Waals surface area contributed by atoms with E-state index in [1.807, 2.05) is 12.1 Å². The maximum atomic E-state index is 12.1. The number of amides is 2. The van der Waals surface area contributed by atoms with Gasteiger partial charge in [-0.1, -0.05) is 12.1 Å². The fourth-order valence-electron chi connectivity index (χ4n) is 2.10. The van der Waals surface area contributed by atoms with Gasteiger partial charge in [-0.05, 0) is 36.4 Å². The van der Waals surface area contributed by atoms with Crippen molar-refractivity contribution in [1.29, 1.82) is 0 Å². The predicted octanol–water partition coefficient (Wildman–Crippen LogP) is 2.06. The highest BCUT2D eigenvalue weighted by molar-refractivity contribution is 5.98. The Labute approximate surface area is 144 Å². The molecule has 7 nitrogen and oxygen atoms in total. The molecule has 2 aromatic heterocycles. The van der Waals surface area contributed by atoms with Crippen LogP contribution in [0.25, 0.3) is 0 Å². The zero-order chi connectivity index (χ0) is 17.5. The minimum atomic E-state index is -0.438. The molecule has 2 amide bonds. The molecule has 0 radical (unpaired) electrons. The summed E-state index contributed by atoms with van der Waals surface area (Å²) >= 11 is 0. The molecule has 0 bridgehead atoms. The molecule has 0 spiro atoms. The van der Waals surface area contributed by atoms with Gasteiger partial charge in [0.05, 0.1) is 0 Å².